The number of hydrogen-bond donors (Lipinski definition) is 1. The SMILES string of the molecule is CCOc1ccccc1CNc1ncnc2c1CN(c1ccc(C)cn1)CC2. The summed E-state index contributed by atoms with van der Waals surface area (Å²) in [5.41, 5.74) is 4.54. The van der Waals surface area contributed by atoms with Gasteiger partial charge in [0, 0.05) is 43.4 Å². The van der Waals surface area contributed by atoms with Crippen molar-refractivity contribution in [2.45, 2.75) is 33.4 Å². The number of nitrogens with zero attached hydrogens (tertiary/aromatic N) is 4. The number of benzene rings is 1. The Morgan fingerprint density at radius 2 is 2.00 bits per heavy atom. The van der Waals surface area contributed by atoms with E-state index < -0.39 is 0 Å². The molecule has 0 amide bonds. The predicted octanol–water partition coefficient (Wildman–Crippen LogP) is 3.75. The molecule has 0 spiro atoms. The molecule has 0 radical (unpaired) electrons. The van der Waals surface area contributed by atoms with Gasteiger partial charge in [-0.1, -0.05) is 24.3 Å². The number of ether oxygens (including phenoxy) is 1. The quantitative estimate of drug-likeness (QED) is 0.708. The molecule has 1 aliphatic heterocycles. The number of nitrogens with one attached hydrogen (secondary N) is 1. The molecule has 0 atom stereocenters. The zero-order valence-corrected chi connectivity index (χ0v) is 16.4. The average Bonchev–Trinajstić information content (AvgIpc) is 2.73. The van der Waals surface area contributed by atoms with E-state index in [9.17, 15) is 0 Å². The third-order valence-electron chi connectivity index (χ3n) is 4.94. The second kappa shape index (κ2) is 8.25. The van der Waals surface area contributed by atoms with Crippen molar-refractivity contribution in [2.24, 2.45) is 0 Å². The van der Waals surface area contributed by atoms with E-state index in [1.807, 2.05) is 31.3 Å². The van der Waals surface area contributed by atoms with Crippen LogP contribution in [0, 0.1) is 6.92 Å². The smallest absolute Gasteiger partial charge is 0.134 e. The first-order chi connectivity index (χ1) is 13.7. The van der Waals surface area contributed by atoms with E-state index in [2.05, 4.69) is 50.3 Å². The number of hydrogen-bond acceptors (Lipinski definition) is 6. The third-order valence-corrected chi connectivity index (χ3v) is 4.94. The fourth-order valence-corrected chi connectivity index (χ4v) is 3.46. The van der Waals surface area contributed by atoms with Crippen LogP contribution in [0.3, 0.4) is 0 Å². The van der Waals surface area contributed by atoms with Crippen molar-refractivity contribution in [3.63, 3.8) is 0 Å². The van der Waals surface area contributed by atoms with Crippen molar-refractivity contribution >= 4 is 11.6 Å². The van der Waals surface area contributed by atoms with Gasteiger partial charge in [-0.25, -0.2) is 15.0 Å². The first-order valence-electron chi connectivity index (χ1n) is 9.69. The summed E-state index contributed by atoms with van der Waals surface area (Å²) in [7, 11) is 0. The van der Waals surface area contributed by atoms with Gasteiger partial charge in [-0.2, -0.15) is 0 Å². The molecule has 0 saturated heterocycles. The van der Waals surface area contributed by atoms with Crippen LogP contribution in [0.25, 0.3) is 0 Å². The molecule has 28 heavy (non-hydrogen) atoms. The molecule has 4 rings (SSSR count). The molecule has 0 fully saturated rings. The summed E-state index contributed by atoms with van der Waals surface area (Å²) in [5.74, 6) is 2.78. The Balaban J connectivity index is 1.54. The van der Waals surface area contributed by atoms with E-state index in [-0.39, 0.29) is 0 Å². The van der Waals surface area contributed by atoms with Gasteiger partial charge in [-0.3, -0.25) is 0 Å². The maximum absolute atomic E-state index is 5.73. The fourth-order valence-electron chi connectivity index (χ4n) is 3.46. The zero-order chi connectivity index (χ0) is 19.3. The van der Waals surface area contributed by atoms with Crippen LogP contribution in [0.4, 0.5) is 11.6 Å². The van der Waals surface area contributed by atoms with Gasteiger partial charge in [-0.15, -0.1) is 0 Å². The highest BCUT2D eigenvalue weighted by Gasteiger charge is 2.22. The monoisotopic (exact) mass is 375 g/mol. The van der Waals surface area contributed by atoms with Gasteiger partial charge in [0.25, 0.3) is 0 Å². The van der Waals surface area contributed by atoms with Crippen molar-refractivity contribution in [1.29, 1.82) is 0 Å². The first-order valence-corrected chi connectivity index (χ1v) is 9.69. The summed E-state index contributed by atoms with van der Waals surface area (Å²) < 4.78 is 5.73. The van der Waals surface area contributed by atoms with Crippen LogP contribution in [0.2, 0.25) is 0 Å². The molecule has 1 N–H and O–H groups in total. The second-order valence-electron chi connectivity index (χ2n) is 6.91. The van der Waals surface area contributed by atoms with Gasteiger partial charge in [0.05, 0.1) is 12.3 Å². The van der Waals surface area contributed by atoms with Crippen LogP contribution in [-0.2, 0) is 19.5 Å². The number of aromatic nitrogens is 3. The topological polar surface area (TPSA) is 63.2 Å². The zero-order valence-electron chi connectivity index (χ0n) is 16.4. The lowest BCUT2D eigenvalue weighted by Gasteiger charge is -2.30. The summed E-state index contributed by atoms with van der Waals surface area (Å²) in [6, 6.07) is 12.3. The van der Waals surface area contributed by atoms with E-state index in [4.69, 9.17) is 4.74 Å². The van der Waals surface area contributed by atoms with Crippen molar-refractivity contribution in [2.75, 3.05) is 23.4 Å². The molecular formula is C22H25N5O. The van der Waals surface area contributed by atoms with Crippen molar-refractivity contribution in [3.8, 4) is 5.75 Å². The largest absolute Gasteiger partial charge is 0.494 e. The number of pyridine rings is 1. The van der Waals surface area contributed by atoms with Crippen molar-refractivity contribution < 1.29 is 4.74 Å². The molecule has 3 aromatic rings. The lowest BCUT2D eigenvalue weighted by Crippen LogP contribution is -2.32. The van der Waals surface area contributed by atoms with E-state index in [1.54, 1.807) is 6.33 Å². The van der Waals surface area contributed by atoms with E-state index in [0.29, 0.717) is 13.2 Å². The average molecular weight is 375 g/mol. The maximum Gasteiger partial charge on any atom is 0.134 e. The maximum atomic E-state index is 5.73. The predicted molar refractivity (Wildman–Crippen MR) is 111 cm³/mol. The molecule has 144 valence electrons. The summed E-state index contributed by atoms with van der Waals surface area (Å²) in [6.07, 6.45) is 4.45. The Morgan fingerprint density at radius 1 is 1.11 bits per heavy atom. The summed E-state index contributed by atoms with van der Waals surface area (Å²) in [5, 5.41) is 3.49. The molecular weight excluding hydrogens is 350 g/mol. The minimum Gasteiger partial charge on any atom is -0.494 e. The van der Waals surface area contributed by atoms with E-state index >= 15 is 0 Å². The minimum atomic E-state index is 0.651. The highest BCUT2D eigenvalue weighted by Crippen LogP contribution is 2.27. The van der Waals surface area contributed by atoms with Crippen molar-refractivity contribution in [3.05, 3.63) is 71.3 Å². The van der Waals surface area contributed by atoms with E-state index in [1.165, 1.54) is 5.56 Å². The molecule has 1 aromatic carbocycles. The summed E-state index contributed by atoms with van der Waals surface area (Å²) >= 11 is 0. The van der Waals surface area contributed by atoms with Gasteiger partial charge < -0.3 is 15.0 Å². The molecule has 1 aliphatic rings. The first kappa shape index (κ1) is 18.2. The van der Waals surface area contributed by atoms with Crippen LogP contribution in [-0.4, -0.2) is 28.1 Å². The number of para-hydroxylation sites is 1. The molecule has 6 nitrogen and oxygen atoms in total. The Labute approximate surface area is 165 Å². The van der Waals surface area contributed by atoms with Crippen LogP contribution in [0.1, 0.15) is 29.3 Å². The Bertz CT molecular complexity index is 942. The number of rotatable bonds is 6. The fraction of sp³-hybridized carbons (Fsp3) is 0.318. The molecule has 6 heteroatoms. The molecule has 0 aliphatic carbocycles. The second-order valence-corrected chi connectivity index (χ2v) is 6.91. The Kier molecular flexibility index (Phi) is 5.37. The van der Waals surface area contributed by atoms with Crippen molar-refractivity contribution in [1.82, 2.24) is 15.0 Å². The third kappa shape index (κ3) is 3.91. The normalized spacial score (nSPS) is 13.1. The molecule has 2 aromatic heterocycles. The summed E-state index contributed by atoms with van der Waals surface area (Å²) in [6.45, 7) is 7.02. The van der Waals surface area contributed by atoms with Gasteiger partial charge >= 0.3 is 0 Å². The van der Waals surface area contributed by atoms with Gasteiger partial charge in [0.15, 0.2) is 0 Å². The summed E-state index contributed by atoms with van der Waals surface area (Å²) in [4.78, 5) is 15.9. The molecule has 0 unspecified atom stereocenters. The standard InChI is InChI=1S/C22H25N5O/c1-3-28-20-7-5-4-6-17(20)13-24-22-18-14-27(11-10-19(18)25-15-26-22)21-9-8-16(2)12-23-21/h4-9,12,15H,3,10-11,13-14H2,1-2H3,(H,24,25,26). The number of anilines is 2. The van der Waals surface area contributed by atoms with Crippen LogP contribution < -0.4 is 15.0 Å². The number of fused-ring (bicyclic) bond motifs is 1. The highest BCUT2D eigenvalue weighted by molar-refractivity contribution is 5.52. The van der Waals surface area contributed by atoms with Gasteiger partial charge in [0.1, 0.15) is 23.7 Å². The highest BCUT2D eigenvalue weighted by atomic mass is 16.5. The van der Waals surface area contributed by atoms with Crippen LogP contribution in [0.15, 0.2) is 48.9 Å². The Hall–Kier alpha value is -3.15. The lowest BCUT2D eigenvalue weighted by atomic mass is 10.1. The van der Waals surface area contributed by atoms with Crippen LogP contribution in [0.5, 0.6) is 5.75 Å². The number of aryl methyl sites for hydroxylation is 1. The minimum absolute atomic E-state index is 0.651. The molecule has 3 heterocycles. The van der Waals surface area contributed by atoms with E-state index in [0.717, 1.165) is 53.7 Å². The van der Waals surface area contributed by atoms with Gasteiger partial charge in [-0.05, 0) is 31.5 Å². The Morgan fingerprint density at radius 3 is 2.82 bits per heavy atom. The van der Waals surface area contributed by atoms with Crippen LogP contribution >= 0.6 is 0 Å². The lowest BCUT2D eigenvalue weighted by molar-refractivity contribution is 0.337. The molecule has 0 saturated carbocycles. The van der Waals surface area contributed by atoms with Gasteiger partial charge in [0.2, 0.25) is 0 Å². The molecule has 0 bridgehead atoms.